The minimum Gasteiger partial charge on any atom is -0.508 e. The summed E-state index contributed by atoms with van der Waals surface area (Å²) in [5.74, 6) is -0.0600. The number of amides is 1. The van der Waals surface area contributed by atoms with Gasteiger partial charge < -0.3 is 15.2 Å². The summed E-state index contributed by atoms with van der Waals surface area (Å²) in [6, 6.07) is 13.9. The van der Waals surface area contributed by atoms with Crippen LogP contribution in [0.1, 0.15) is 17.2 Å². The van der Waals surface area contributed by atoms with Gasteiger partial charge in [0.15, 0.2) is 6.10 Å². The molecule has 0 aromatic heterocycles. The lowest BCUT2D eigenvalue weighted by Crippen LogP contribution is -2.31. The van der Waals surface area contributed by atoms with Crippen molar-refractivity contribution in [2.24, 2.45) is 0 Å². The van der Waals surface area contributed by atoms with Crippen molar-refractivity contribution in [1.29, 1.82) is 0 Å². The van der Waals surface area contributed by atoms with Gasteiger partial charge in [0.25, 0.3) is 5.91 Å². The van der Waals surface area contributed by atoms with Crippen LogP contribution in [0.2, 0.25) is 5.02 Å². The number of rotatable bonds is 6. The summed E-state index contributed by atoms with van der Waals surface area (Å²) in [6.07, 6.45) is -0.00171. The predicted octanol–water partition coefficient (Wildman–Crippen LogP) is 3.09. The summed E-state index contributed by atoms with van der Waals surface area (Å²) < 4.78 is 5.25. The molecule has 2 rings (SSSR count). The zero-order valence-electron chi connectivity index (χ0n) is 12.3. The highest BCUT2D eigenvalue weighted by Crippen LogP contribution is 2.19. The molecule has 0 aliphatic carbocycles. The summed E-state index contributed by atoms with van der Waals surface area (Å²) >= 11 is 5.92. The fourth-order valence-electron chi connectivity index (χ4n) is 2.16. The van der Waals surface area contributed by atoms with Crippen LogP contribution in [0, 0.1) is 0 Å². The number of hydrogen-bond acceptors (Lipinski definition) is 3. The number of carbonyl (C=O) groups excluding carboxylic acids is 1. The van der Waals surface area contributed by atoms with Crippen LogP contribution in [-0.2, 0) is 16.0 Å². The minimum atomic E-state index is -0.694. The van der Waals surface area contributed by atoms with E-state index in [1.165, 1.54) is 19.2 Å². The SMILES string of the molecule is CO[C@H](C(=O)NCCc1cccc(Cl)c1)c1ccc(O)cc1. The highest BCUT2D eigenvalue weighted by atomic mass is 35.5. The van der Waals surface area contributed by atoms with E-state index in [9.17, 15) is 9.90 Å². The lowest BCUT2D eigenvalue weighted by molar-refractivity contribution is -0.131. The van der Waals surface area contributed by atoms with E-state index in [4.69, 9.17) is 16.3 Å². The van der Waals surface area contributed by atoms with Crippen molar-refractivity contribution in [1.82, 2.24) is 5.32 Å². The van der Waals surface area contributed by atoms with Gasteiger partial charge in [-0.05, 0) is 41.8 Å². The molecule has 2 aromatic carbocycles. The topological polar surface area (TPSA) is 58.6 Å². The molecule has 4 nitrogen and oxygen atoms in total. The number of carbonyl (C=O) groups is 1. The standard InChI is InChI=1S/C17H18ClNO3/c1-22-16(13-5-7-15(20)8-6-13)17(21)19-10-9-12-3-2-4-14(18)11-12/h2-8,11,16,20H,9-10H2,1H3,(H,19,21)/t16-/m0/s1. The lowest BCUT2D eigenvalue weighted by atomic mass is 10.1. The van der Waals surface area contributed by atoms with Gasteiger partial charge in [0.1, 0.15) is 5.75 Å². The number of hydrogen-bond donors (Lipinski definition) is 2. The summed E-state index contributed by atoms with van der Waals surface area (Å²) in [5.41, 5.74) is 1.76. The van der Waals surface area contributed by atoms with Crippen LogP contribution in [0.15, 0.2) is 48.5 Å². The lowest BCUT2D eigenvalue weighted by Gasteiger charge is -2.15. The number of ether oxygens (including phenoxy) is 1. The second kappa shape index (κ2) is 7.82. The third kappa shape index (κ3) is 4.48. The van der Waals surface area contributed by atoms with Gasteiger partial charge in [-0.15, -0.1) is 0 Å². The molecule has 0 spiro atoms. The van der Waals surface area contributed by atoms with Gasteiger partial charge in [0, 0.05) is 18.7 Å². The molecule has 0 fully saturated rings. The average molecular weight is 320 g/mol. The summed E-state index contributed by atoms with van der Waals surface area (Å²) in [5, 5.41) is 12.8. The second-order valence-corrected chi connectivity index (χ2v) is 5.31. The first-order valence-electron chi connectivity index (χ1n) is 6.94. The molecule has 1 atom stereocenters. The van der Waals surface area contributed by atoms with Crippen LogP contribution < -0.4 is 5.32 Å². The first-order valence-corrected chi connectivity index (χ1v) is 7.32. The Hall–Kier alpha value is -2.04. The molecule has 0 radical (unpaired) electrons. The van der Waals surface area contributed by atoms with E-state index in [1.54, 1.807) is 12.1 Å². The van der Waals surface area contributed by atoms with E-state index in [2.05, 4.69) is 5.32 Å². The fourth-order valence-corrected chi connectivity index (χ4v) is 2.37. The number of phenolic OH excluding ortho intramolecular Hbond substituents is 1. The molecular formula is C17H18ClNO3. The maximum atomic E-state index is 12.2. The highest BCUT2D eigenvalue weighted by molar-refractivity contribution is 6.30. The van der Waals surface area contributed by atoms with E-state index in [1.807, 2.05) is 24.3 Å². The Morgan fingerprint density at radius 3 is 2.64 bits per heavy atom. The average Bonchev–Trinajstić information content (AvgIpc) is 2.50. The van der Waals surface area contributed by atoms with Gasteiger partial charge >= 0.3 is 0 Å². The van der Waals surface area contributed by atoms with Crippen LogP contribution in [-0.4, -0.2) is 24.7 Å². The number of benzene rings is 2. The molecule has 1 amide bonds. The largest absolute Gasteiger partial charge is 0.508 e. The fraction of sp³-hybridized carbons (Fsp3) is 0.235. The maximum Gasteiger partial charge on any atom is 0.253 e. The summed E-state index contributed by atoms with van der Waals surface area (Å²) in [4.78, 5) is 12.2. The molecular weight excluding hydrogens is 302 g/mol. The summed E-state index contributed by atoms with van der Waals surface area (Å²) in [7, 11) is 1.48. The van der Waals surface area contributed by atoms with Crippen LogP contribution in [0.25, 0.3) is 0 Å². The molecule has 0 saturated heterocycles. The van der Waals surface area contributed by atoms with Crippen LogP contribution in [0.5, 0.6) is 5.75 Å². The van der Waals surface area contributed by atoms with E-state index in [0.29, 0.717) is 23.6 Å². The van der Waals surface area contributed by atoms with E-state index in [-0.39, 0.29) is 11.7 Å². The Balaban J connectivity index is 1.91. The number of aromatic hydroxyl groups is 1. The maximum absolute atomic E-state index is 12.2. The van der Waals surface area contributed by atoms with Gasteiger partial charge in [-0.3, -0.25) is 4.79 Å². The molecule has 0 heterocycles. The monoisotopic (exact) mass is 319 g/mol. The quantitative estimate of drug-likeness (QED) is 0.860. The number of halogens is 1. The normalized spacial score (nSPS) is 11.9. The highest BCUT2D eigenvalue weighted by Gasteiger charge is 2.19. The molecule has 0 aliphatic rings. The molecule has 116 valence electrons. The minimum absolute atomic E-state index is 0.153. The zero-order valence-corrected chi connectivity index (χ0v) is 13.0. The van der Waals surface area contributed by atoms with E-state index >= 15 is 0 Å². The molecule has 0 saturated carbocycles. The number of nitrogens with one attached hydrogen (secondary N) is 1. The summed E-state index contributed by atoms with van der Waals surface area (Å²) in [6.45, 7) is 0.497. The van der Waals surface area contributed by atoms with Crippen molar-refractivity contribution in [3.05, 3.63) is 64.7 Å². The third-order valence-electron chi connectivity index (χ3n) is 3.27. The first kappa shape index (κ1) is 16.3. The number of methoxy groups -OCH3 is 1. The van der Waals surface area contributed by atoms with Gasteiger partial charge in [-0.1, -0.05) is 35.9 Å². The van der Waals surface area contributed by atoms with Gasteiger partial charge in [0.2, 0.25) is 0 Å². The van der Waals surface area contributed by atoms with E-state index in [0.717, 1.165) is 5.56 Å². The van der Waals surface area contributed by atoms with Crippen LogP contribution in [0.3, 0.4) is 0 Å². The number of phenols is 1. The van der Waals surface area contributed by atoms with Crippen molar-refractivity contribution in [3.8, 4) is 5.75 Å². The molecule has 0 aliphatic heterocycles. The molecule has 22 heavy (non-hydrogen) atoms. The Bertz CT molecular complexity index is 628. The molecule has 5 heteroatoms. The molecule has 0 bridgehead atoms. The molecule has 2 N–H and O–H groups in total. The second-order valence-electron chi connectivity index (χ2n) is 4.88. The molecule has 0 unspecified atom stereocenters. The smallest absolute Gasteiger partial charge is 0.253 e. The van der Waals surface area contributed by atoms with Crippen LogP contribution >= 0.6 is 11.6 Å². The Kier molecular flexibility index (Phi) is 5.81. The first-order chi connectivity index (χ1) is 10.6. The zero-order chi connectivity index (χ0) is 15.9. The third-order valence-corrected chi connectivity index (χ3v) is 3.51. The Labute approximate surface area is 134 Å². The van der Waals surface area contributed by atoms with E-state index < -0.39 is 6.10 Å². The van der Waals surface area contributed by atoms with Crippen molar-refractivity contribution in [3.63, 3.8) is 0 Å². The van der Waals surface area contributed by atoms with Crippen molar-refractivity contribution < 1.29 is 14.6 Å². The van der Waals surface area contributed by atoms with Gasteiger partial charge in [-0.2, -0.15) is 0 Å². The van der Waals surface area contributed by atoms with Gasteiger partial charge in [0.05, 0.1) is 0 Å². The van der Waals surface area contributed by atoms with Crippen molar-refractivity contribution >= 4 is 17.5 Å². The van der Waals surface area contributed by atoms with Crippen molar-refractivity contribution in [2.75, 3.05) is 13.7 Å². The Morgan fingerprint density at radius 2 is 2.00 bits per heavy atom. The Morgan fingerprint density at radius 1 is 1.27 bits per heavy atom. The van der Waals surface area contributed by atoms with Crippen molar-refractivity contribution in [2.45, 2.75) is 12.5 Å². The molecule has 2 aromatic rings. The van der Waals surface area contributed by atoms with Crippen LogP contribution in [0.4, 0.5) is 0 Å². The predicted molar refractivity (Wildman–Crippen MR) is 86.0 cm³/mol. The van der Waals surface area contributed by atoms with Gasteiger partial charge in [-0.25, -0.2) is 0 Å².